The molecule has 3 rings (SSSR count). The van der Waals surface area contributed by atoms with Gasteiger partial charge >= 0.3 is 5.97 Å². The van der Waals surface area contributed by atoms with E-state index in [2.05, 4.69) is 33.0 Å². The van der Waals surface area contributed by atoms with E-state index in [1.165, 1.54) is 24.3 Å². The molecular weight excluding hydrogens is 586 g/mol. The highest BCUT2D eigenvalue weighted by Crippen LogP contribution is 2.31. The fourth-order valence-corrected chi connectivity index (χ4v) is 4.13. The number of benzene rings is 2. The summed E-state index contributed by atoms with van der Waals surface area (Å²) in [7, 11) is 0. The lowest BCUT2D eigenvalue weighted by Gasteiger charge is -2.14. The molecule has 0 aliphatic rings. The third-order valence-electron chi connectivity index (χ3n) is 6.94. The molecule has 0 saturated heterocycles. The lowest BCUT2D eigenvalue weighted by molar-refractivity contribution is 0.0732. The van der Waals surface area contributed by atoms with Gasteiger partial charge in [-0.1, -0.05) is 53.4 Å². The number of rotatable bonds is 20. The predicted octanol–water partition coefficient (Wildman–Crippen LogP) is 8.23. The van der Waals surface area contributed by atoms with Crippen molar-refractivity contribution in [3.8, 4) is 28.7 Å². The normalized spacial score (nSPS) is 10.6. The van der Waals surface area contributed by atoms with Crippen molar-refractivity contribution in [3.05, 3.63) is 82.0 Å². The van der Waals surface area contributed by atoms with Gasteiger partial charge in [0, 0.05) is 11.3 Å². The number of anilines is 1. The van der Waals surface area contributed by atoms with Crippen molar-refractivity contribution in [2.24, 2.45) is 0 Å². The molecule has 0 radical (unpaired) electrons. The van der Waals surface area contributed by atoms with Gasteiger partial charge in [0.15, 0.2) is 28.7 Å². The van der Waals surface area contributed by atoms with Crippen LogP contribution in [0.1, 0.15) is 99.8 Å². The van der Waals surface area contributed by atoms with E-state index >= 15 is 0 Å². The van der Waals surface area contributed by atoms with Crippen LogP contribution in [0.25, 0.3) is 0 Å². The molecule has 3 aromatic carbocycles. The smallest absolute Gasteiger partial charge is 0.343 e. The minimum Gasteiger partial charge on any atom is -0.490 e. The Morgan fingerprint density at radius 1 is 0.543 bits per heavy atom. The van der Waals surface area contributed by atoms with E-state index in [9.17, 15) is 14.4 Å². The average Bonchev–Trinajstić information content (AvgIpc) is 3.23. The molecule has 0 atom stereocenters. The minimum atomic E-state index is -0.716. The lowest BCUT2D eigenvalue weighted by Crippen LogP contribution is -2.13. The summed E-state index contributed by atoms with van der Waals surface area (Å²) in [5.41, 5.74) is 0.413. The van der Waals surface area contributed by atoms with Crippen molar-refractivity contribution in [1.29, 1.82) is 0 Å². The summed E-state index contributed by atoms with van der Waals surface area (Å²) in [5, 5.41) is 2.80. The Morgan fingerprint density at radius 3 is 1.50 bits per heavy atom. The zero-order valence-electron chi connectivity index (χ0n) is 27.5. The van der Waals surface area contributed by atoms with Crippen LogP contribution < -0.4 is 34.4 Å². The van der Waals surface area contributed by atoms with Crippen molar-refractivity contribution < 1.29 is 33.3 Å². The van der Waals surface area contributed by atoms with Crippen LogP contribution in [-0.4, -0.2) is 38.3 Å². The van der Waals surface area contributed by atoms with E-state index in [1.54, 1.807) is 36.4 Å². The van der Waals surface area contributed by atoms with Crippen molar-refractivity contribution in [2.45, 2.75) is 79.1 Å². The van der Waals surface area contributed by atoms with Crippen molar-refractivity contribution in [3.63, 3.8) is 0 Å². The molecule has 0 aliphatic carbocycles. The van der Waals surface area contributed by atoms with E-state index in [4.69, 9.17) is 23.7 Å². The molecule has 0 bridgehead atoms. The lowest BCUT2D eigenvalue weighted by atomic mass is 10.2. The number of carbonyl (C=O) groups is 2. The fraction of sp³-hybridized carbons (Fsp3) is 0.432. The summed E-state index contributed by atoms with van der Waals surface area (Å²) in [4.78, 5) is 39.0. The molecule has 0 heterocycles. The molecule has 0 aromatic heterocycles. The minimum absolute atomic E-state index is 0.178. The first-order valence-electron chi connectivity index (χ1n) is 16.4. The first kappa shape index (κ1) is 35.9. The van der Waals surface area contributed by atoms with E-state index in [-0.39, 0.29) is 11.3 Å². The number of amides is 1. The molecule has 0 saturated carbocycles. The van der Waals surface area contributed by atoms with Crippen LogP contribution in [0.15, 0.2) is 65.5 Å². The van der Waals surface area contributed by atoms with Gasteiger partial charge in [-0.15, -0.1) is 0 Å². The third-order valence-corrected chi connectivity index (χ3v) is 6.94. The monoisotopic (exact) mass is 633 g/mol. The molecule has 248 valence electrons. The largest absolute Gasteiger partial charge is 0.490 e. The Labute approximate surface area is 272 Å². The Bertz CT molecular complexity index is 1470. The Morgan fingerprint density at radius 2 is 0.978 bits per heavy atom. The van der Waals surface area contributed by atoms with Gasteiger partial charge in [0.05, 0.1) is 32.0 Å². The van der Waals surface area contributed by atoms with E-state index < -0.39 is 17.3 Å². The molecule has 46 heavy (non-hydrogen) atoms. The van der Waals surface area contributed by atoms with Crippen LogP contribution in [0.3, 0.4) is 0 Å². The van der Waals surface area contributed by atoms with Gasteiger partial charge in [-0.3, -0.25) is 9.59 Å². The van der Waals surface area contributed by atoms with Crippen LogP contribution in [0.2, 0.25) is 0 Å². The quantitative estimate of drug-likeness (QED) is 0.0979. The SMILES string of the molecule is CCCCOc1ccc(C(=O)Nc2ccc(OC(=O)c3ccc(OCCCC)c(OCCCC)c3)c(=O)cc2)cc1OCCCC. The summed E-state index contributed by atoms with van der Waals surface area (Å²) < 4.78 is 29.0. The maximum atomic E-state index is 13.1. The zero-order chi connectivity index (χ0) is 33.1. The molecule has 9 nitrogen and oxygen atoms in total. The van der Waals surface area contributed by atoms with Gasteiger partial charge in [0.1, 0.15) is 0 Å². The van der Waals surface area contributed by atoms with E-state index in [0.717, 1.165) is 51.4 Å². The third kappa shape index (κ3) is 11.4. The van der Waals surface area contributed by atoms with Crippen LogP contribution in [-0.2, 0) is 0 Å². The number of ether oxygens (including phenoxy) is 5. The van der Waals surface area contributed by atoms with Crippen molar-refractivity contribution in [1.82, 2.24) is 0 Å². The van der Waals surface area contributed by atoms with Gasteiger partial charge < -0.3 is 29.0 Å². The first-order valence-corrected chi connectivity index (χ1v) is 16.4. The zero-order valence-corrected chi connectivity index (χ0v) is 27.5. The molecule has 1 N–H and O–H groups in total. The molecule has 9 heteroatoms. The van der Waals surface area contributed by atoms with Crippen molar-refractivity contribution in [2.75, 3.05) is 31.7 Å². The molecule has 0 fully saturated rings. The van der Waals surface area contributed by atoms with E-state index in [0.29, 0.717) is 60.7 Å². The van der Waals surface area contributed by atoms with Gasteiger partial charge in [-0.2, -0.15) is 0 Å². The number of carbonyl (C=O) groups excluding carboxylic acids is 2. The Hall–Kier alpha value is -4.53. The summed E-state index contributed by atoms with van der Waals surface area (Å²) in [5.74, 6) is 0.808. The molecule has 0 unspecified atom stereocenters. The van der Waals surface area contributed by atoms with Gasteiger partial charge in [0.2, 0.25) is 5.43 Å². The summed E-state index contributed by atoms with van der Waals surface area (Å²) in [6.45, 7) is 10.4. The van der Waals surface area contributed by atoms with Crippen LogP contribution in [0.4, 0.5) is 5.69 Å². The second-order valence-corrected chi connectivity index (χ2v) is 10.8. The number of nitrogens with one attached hydrogen (secondary N) is 1. The summed E-state index contributed by atoms with van der Waals surface area (Å²) in [6, 6.07) is 15.4. The summed E-state index contributed by atoms with van der Waals surface area (Å²) >= 11 is 0. The number of hydrogen-bond acceptors (Lipinski definition) is 8. The van der Waals surface area contributed by atoms with Crippen LogP contribution in [0.5, 0.6) is 28.7 Å². The van der Waals surface area contributed by atoms with E-state index in [1.807, 2.05) is 0 Å². The highest BCUT2D eigenvalue weighted by Gasteiger charge is 2.16. The molecule has 1 amide bonds. The molecule has 0 aliphatic heterocycles. The average molecular weight is 634 g/mol. The van der Waals surface area contributed by atoms with Gasteiger partial charge in [-0.25, -0.2) is 4.79 Å². The maximum absolute atomic E-state index is 13.1. The molecular formula is C37H47NO8. The topological polar surface area (TPSA) is 109 Å². The summed E-state index contributed by atoms with van der Waals surface area (Å²) in [6.07, 6.45) is 7.47. The number of hydrogen-bond donors (Lipinski definition) is 1. The van der Waals surface area contributed by atoms with Crippen LogP contribution in [0, 0.1) is 0 Å². The number of esters is 1. The highest BCUT2D eigenvalue weighted by molar-refractivity contribution is 6.04. The second kappa shape index (κ2) is 19.8. The van der Waals surface area contributed by atoms with Crippen molar-refractivity contribution >= 4 is 17.6 Å². The molecule has 3 aromatic rings. The van der Waals surface area contributed by atoms with Gasteiger partial charge in [0.25, 0.3) is 5.91 Å². The maximum Gasteiger partial charge on any atom is 0.343 e. The number of unbranched alkanes of at least 4 members (excludes halogenated alkanes) is 4. The van der Waals surface area contributed by atoms with Gasteiger partial charge in [-0.05, 0) is 86.3 Å². The first-order chi connectivity index (χ1) is 22.4. The molecule has 0 spiro atoms. The second-order valence-electron chi connectivity index (χ2n) is 10.8. The Kier molecular flexibility index (Phi) is 15.4. The standard InChI is InChI=1S/C37H47NO8/c1-5-9-21-42-32-18-13-27(25-34(32)44-23-11-7-3)36(40)38-29-15-17-30(39)31(20-16-29)46-37(41)28-14-19-33(43-22-10-6-2)35(26-28)45-24-12-8-4/h13-20,25-26H,5-12,21-24H2,1-4H3,(H,38,40). The van der Waals surface area contributed by atoms with Crippen LogP contribution >= 0.6 is 0 Å². The highest BCUT2D eigenvalue weighted by atomic mass is 16.5. The fourth-order valence-electron chi connectivity index (χ4n) is 4.13. The Balaban J connectivity index is 1.74. The predicted molar refractivity (Wildman–Crippen MR) is 180 cm³/mol.